The molecule has 0 amide bonds. The van der Waals surface area contributed by atoms with Crippen LogP contribution < -0.4 is 0 Å². The van der Waals surface area contributed by atoms with Crippen molar-refractivity contribution in [3.05, 3.63) is 59.9 Å². The number of esters is 1. The van der Waals surface area contributed by atoms with Gasteiger partial charge < -0.3 is 4.74 Å². The van der Waals surface area contributed by atoms with Gasteiger partial charge >= 0.3 is 5.97 Å². The number of ether oxygens (including phenoxy) is 1. The lowest BCUT2D eigenvalue weighted by atomic mass is 10.00. The molecule has 2 aromatic rings. The summed E-state index contributed by atoms with van der Waals surface area (Å²) in [5, 5.41) is 0. The zero-order valence-electron chi connectivity index (χ0n) is 11.4. The number of hydrogen-bond donors (Lipinski definition) is 0. The van der Waals surface area contributed by atoms with Crippen LogP contribution in [0.5, 0.6) is 0 Å². The summed E-state index contributed by atoms with van der Waals surface area (Å²) in [6, 6.07) is 13.3. The first-order chi connectivity index (χ1) is 9.72. The van der Waals surface area contributed by atoms with Crippen LogP contribution in [-0.4, -0.2) is 12.6 Å². The molecule has 0 spiro atoms. The lowest BCUT2D eigenvalue weighted by Crippen LogP contribution is -2.07. The molecule has 0 saturated carbocycles. The Bertz CT molecular complexity index is 593. The van der Waals surface area contributed by atoms with Crippen LogP contribution in [0.2, 0.25) is 0 Å². The highest BCUT2D eigenvalue weighted by molar-refractivity contribution is 5.97. The highest BCUT2D eigenvalue weighted by Gasteiger charge is 2.13. The lowest BCUT2D eigenvalue weighted by Gasteiger charge is -2.09. The predicted molar refractivity (Wildman–Crippen MR) is 77.0 cm³/mol. The van der Waals surface area contributed by atoms with Crippen LogP contribution in [0.15, 0.2) is 48.5 Å². The van der Waals surface area contributed by atoms with Gasteiger partial charge in [-0.05, 0) is 35.7 Å². The van der Waals surface area contributed by atoms with Gasteiger partial charge in [-0.2, -0.15) is 0 Å². The van der Waals surface area contributed by atoms with Crippen molar-refractivity contribution in [3.8, 4) is 11.1 Å². The van der Waals surface area contributed by atoms with Gasteiger partial charge in [0, 0.05) is 0 Å². The minimum absolute atomic E-state index is 0.323. The minimum Gasteiger partial charge on any atom is -0.462 e. The molecule has 0 aromatic heterocycles. The van der Waals surface area contributed by atoms with Gasteiger partial charge in [0.25, 0.3) is 0 Å². The fourth-order valence-corrected chi connectivity index (χ4v) is 1.96. The van der Waals surface area contributed by atoms with Gasteiger partial charge in [0.1, 0.15) is 5.82 Å². The van der Waals surface area contributed by atoms with Crippen LogP contribution in [-0.2, 0) is 4.74 Å². The Kier molecular flexibility index (Phi) is 4.88. The number of carbonyl (C=O) groups excluding carboxylic acids is 1. The average molecular weight is 272 g/mol. The molecule has 3 heteroatoms. The van der Waals surface area contributed by atoms with E-state index in [1.165, 1.54) is 12.1 Å². The lowest BCUT2D eigenvalue weighted by molar-refractivity contribution is 0.0500. The number of benzene rings is 2. The third-order valence-corrected chi connectivity index (χ3v) is 3.01. The molecule has 104 valence electrons. The summed E-state index contributed by atoms with van der Waals surface area (Å²) in [6.07, 6.45) is 1.81. The van der Waals surface area contributed by atoms with Crippen molar-refractivity contribution < 1.29 is 13.9 Å². The first-order valence-electron chi connectivity index (χ1n) is 6.74. The Morgan fingerprint density at radius 3 is 2.70 bits per heavy atom. The molecule has 0 heterocycles. The maximum Gasteiger partial charge on any atom is 0.338 e. The molecular formula is C17H17FO2. The summed E-state index contributed by atoms with van der Waals surface area (Å²) >= 11 is 0. The van der Waals surface area contributed by atoms with E-state index in [-0.39, 0.29) is 11.8 Å². The van der Waals surface area contributed by atoms with E-state index in [0.29, 0.717) is 23.3 Å². The van der Waals surface area contributed by atoms with Crippen molar-refractivity contribution in [2.24, 2.45) is 0 Å². The summed E-state index contributed by atoms with van der Waals surface area (Å²) in [7, 11) is 0. The van der Waals surface area contributed by atoms with Crippen LogP contribution in [0.25, 0.3) is 11.1 Å². The zero-order chi connectivity index (χ0) is 14.4. The van der Waals surface area contributed by atoms with Gasteiger partial charge in [-0.3, -0.25) is 0 Å². The fraction of sp³-hybridized carbons (Fsp3) is 0.235. The fourth-order valence-electron chi connectivity index (χ4n) is 1.96. The number of halogens is 1. The quantitative estimate of drug-likeness (QED) is 0.593. The SMILES string of the molecule is CCCCOC(=O)c1ccccc1-c1cccc(F)c1. The monoisotopic (exact) mass is 272 g/mol. The normalized spacial score (nSPS) is 10.3. The molecule has 0 unspecified atom stereocenters. The van der Waals surface area contributed by atoms with Crippen molar-refractivity contribution in [1.29, 1.82) is 0 Å². The van der Waals surface area contributed by atoms with Gasteiger partial charge in [-0.15, -0.1) is 0 Å². The maximum atomic E-state index is 13.3. The Labute approximate surface area is 118 Å². The van der Waals surface area contributed by atoms with E-state index in [4.69, 9.17) is 4.74 Å². The largest absolute Gasteiger partial charge is 0.462 e. The van der Waals surface area contributed by atoms with Crippen molar-refractivity contribution in [2.75, 3.05) is 6.61 Å². The topological polar surface area (TPSA) is 26.3 Å². The molecule has 0 radical (unpaired) electrons. The highest BCUT2D eigenvalue weighted by Crippen LogP contribution is 2.24. The summed E-state index contributed by atoms with van der Waals surface area (Å²) in [5.41, 5.74) is 1.83. The third kappa shape index (κ3) is 3.44. The first kappa shape index (κ1) is 14.3. The average Bonchev–Trinajstić information content (AvgIpc) is 2.47. The summed E-state index contributed by atoms with van der Waals surface area (Å²) in [6.45, 7) is 2.45. The molecular weight excluding hydrogens is 255 g/mol. The third-order valence-electron chi connectivity index (χ3n) is 3.01. The van der Waals surface area contributed by atoms with E-state index in [0.717, 1.165) is 12.8 Å². The molecule has 0 aliphatic heterocycles. The number of hydrogen-bond acceptors (Lipinski definition) is 2. The van der Waals surface area contributed by atoms with Gasteiger partial charge in [0.15, 0.2) is 0 Å². The van der Waals surface area contributed by atoms with Gasteiger partial charge in [-0.1, -0.05) is 43.7 Å². The first-order valence-corrected chi connectivity index (χ1v) is 6.74. The van der Waals surface area contributed by atoms with Gasteiger partial charge in [-0.25, -0.2) is 9.18 Å². The van der Waals surface area contributed by atoms with Crippen LogP contribution in [0.4, 0.5) is 4.39 Å². The Hall–Kier alpha value is -2.16. The summed E-state index contributed by atoms with van der Waals surface area (Å²) < 4.78 is 18.5. The maximum absolute atomic E-state index is 13.3. The van der Waals surface area contributed by atoms with Crippen LogP contribution in [0, 0.1) is 5.82 Å². The molecule has 0 bridgehead atoms. The molecule has 0 aliphatic rings. The Morgan fingerprint density at radius 1 is 1.15 bits per heavy atom. The van der Waals surface area contributed by atoms with E-state index in [2.05, 4.69) is 0 Å². The van der Waals surface area contributed by atoms with Gasteiger partial charge in [0.2, 0.25) is 0 Å². The predicted octanol–water partition coefficient (Wildman–Crippen LogP) is 4.45. The van der Waals surface area contributed by atoms with Gasteiger partial charge in [0.05, 0.1) is 12.2 Å². The molecule has 2 nitrogen and oxygen atoms in total. The van der Waals surface area contributed by atoms with Crippen molar-refractivity contribution in [3.63, 3.8) is 0 Å². The van der Waals surface area contributed by atoms with Crippen LogP contribution >= 0.6 is 0 Å². The standard InChI is InChI=1S/C17H17FO2/c1-2-3-11-20-17(19)16-10-5-4-9-15(16)13-7-6-8-14(18)12-13/h4-10,12H,2-3,11H2,1H3. The van der Waals surface area contributed by atoms with E-state index in [1.54, 1.807) is 30.3 Å². The van der Waals surface area contributed by atoms with Crippen molar-refractivity contribution in [1.82, 2.24) is 0 Å². The molecule has 20 heavy (non-hydrogen) atoms. The van der Waals surface area contributed by atoms with Crippen LogP contribution in [0.3, 0.4) is 0 Å². The van der Waals surface area contributed by atoms with E-state index < -0.39 is 0 Å². The van der Waals surface area contributed by atoms with E-state index >= 15 is 0 Å². The molecule has 0 saturated heterocycles. The number of carbonyl (C=O) groups is 1. The molecule has 0 atom stereocenters. The second kappa shape index (κ2) is 6.85. The molecule has 0 fully saturated rings. The number of rotatable bonds is 5. The number of unbranched alkanes of at least 4 members (excludes halogenated alkanes) is 1. The zero-order valence-corrected chi connectivity index (χ0v) is 11.4. The van der Waals surface area contributed by atoms with E-state index in [1.807, 2.05) is 13.0 Å². The Balaban J connectivity index is 2.28. The van der Waals surface area contributed by atoms with Crippen molar-refractivity contribution in [2.45, 2.75) is 19.8 Å². The smallest absolute Gasteiger partial charge is 0.338 e. The second-order valence-electron chi connectivity index (χ2n) is 4.55. The molecule has 0 aliphatic carbocycles. The Morgan fingerprint density at radius 2 is 1.95 bits per heavy atom. The second-order valence-corrected chi connectivity index (χ2v) is 4.55. The summed E-state index contributed by atoms with van der Waals surface area (Å²) in [5.74, 6) is -0.685. The molecule has 2 aromatic carbocycles. The summed E-state index contributed by atoms with van der Waals surface area (Å²) in [4.78, 5) is 12.1. The highest BCUT2D eigenvalue weighted by atomic mass is 19.1. The van der Waals surface area contributed by atoms with E-state index in [9.17, 15) is 9.18 Å². The molecule has 2 rings (SSSR count). The van der Waals surface area contributed by atoms with Crippen molar-refractivity contribution >= 4 is 5.97 Å². The minimum atomic E-state index is -0.363. The van der Waals surface area contributed by atoms with Crippen LogP contribution in [0.1, 0.15) is 30.1 Å². The molecule has 0 N–H and O–H groups in total.